The fraction of sp³-hybridized carbons (Fsp3) is 0.375. The first-order chi connectivity index (χ1) is 10.6. The maximum atomic E-state index is 12.7. The van der Waals surface area contributed by atoms with Gasteiger partial charge in [-0.2, -0.15) is 4.98 Å². The van der Waals surface area contributed by atoms with Crippen molar-refractivity contribution in [3.05, 3.63) is 39.6 Å². The molecule has 124 valence electrons. The standard InChI is InChI=1S/C16H22ClN3O2Si/c1-19(2)20(3)16-13(23(4,5)6)14(21)18-15(22-16)11-7-9-12(17)10-8-11/h7-10H,1-6H3. The van der Waals surface area contributed by atoms with Crippen LogP contribution < -0.4 is 15.8 Å². The average molecular weight is 352 g/mol. The summed E-state index contributed by atoms with van der Waals surface area (Å²) >= 11 is 5.92. The molecule has 2 aromatic rings. The van der Waals surface area contributed by atoms with Gasteiger partial charge in [-0.05, 0) is 24.3 Å². The number of hydrogen-bond acceptors (Lipinski definition) is 5. The predicted molar refractivity (Wildman–Crippen MR) is 98.3 cm³/mol. The van der Waals surface area contributed by atoms with E-state index in [0.717, 1.165) is 5.56 Å². The fourth-order valence-electron chi connectivity index (χ4n) is 2.17. The molecular weight excluding hydrogens is 330 g/mol. The molecule has 1 aromatic carbocycles. The Bertz CT molecular complexity index is 751. The Kier molecular flexibility index (Phi) is 4.98. The Morgan fingerprint density at radius 1 is 1.09 bits per heavy atom. The fourth-order valence-corrected chi connectivity index (χ4v) is 3.85. The summed E-state index contributed by atoms with van der Waals surface area (Å²) in [5.74, 6) is 0.858. The van der Waals surface area contributed by atoms with Crippen molar-refractivity contribution in [2.24, 2.45) is 0 Å². The number of aromatic nitrogens is 1. The molecule has 1 aromatic heterocycles. The molecule has 0 saturated carbocycles. The molecule has 0 atom stereocenters. The maximum absolute atomic E-state index is 12.7. The van der Waals surface area contributed by atoms with Crippen LogP contribution in [0.3, 0.4) is 0 Å². The molecule has 0 bridgehead atoms. The van der Waals surface area contributed by atoms with Crippen LogP contribution >= 0.6 is 11.6 Å². The SMILES string of the molecule is CN(C)N(C)c1oc(-c2ccc(Cl)cc2)nc(=O)c1[Si](C)(C)C. The summed E-state index contributed by atoms with van der Waals surface area (Å²) in [7, 11) is 3.74. The number of benzene rings is 1. The van der Waals surface area contributed by atoms with Crippen LogP contribution in [0.1, 0.15) is 0 Å². The lowest BCUT2D eigenvalue weighted by molar-refractivity contribution is 0.362. The average Bonchev–Trinajstić information content (AvgIpc) is 2.44. The van der Waals surface area contributed by atoms with Gasteiger partial charge in [0.1, 0.15) is 0 Å². The van der Waals surface area contributed by atoms with Gasteiger partial charge in [0, 0.05) is 31.7 Å². The lowest BCUT2D eigenvalue weighted by atomic mass is 10.2. The number of rotatable bonds is 4. The Labute approximate surface area is 142 Å². The van der Waals surface area contributed by atoms with Crippen LogP contribution in [0.15, 0.2) is 33.5 Å². The number of hydrazine groups is 1. The third-order valence-corrected chi connectivity index (χ3v) is 5.74. The number of hydrogen-bond donors (Lipinski definition) is 0. The van der Waals surface area contributed by atoms with Crippen LogP contribution in [0.2, 0.25) is 24.7 Å². The highest BCUT2D eigenvalue weighted by molar-refractivity contribution is 6.89. The van der Waals surface area contributed by atoms with Gasteiger partial charge in [0.05, 0.1) is 13.3 Å². The largest absolute Gasteiger partial charge is 0.421 e. The summed E-state index contributed by atoms with van der Waals surface area (Å²) in [5.41, 5.74) is 0.506. The molecule has 23 heavy (non-hydrogen) atoms. The third kappa shape index (κ3) is 3.83. The molecule has 0 amide bonds. The van der Waals surface area contributed by atoms with Crippen LogP contribution in [-0.2, 0) is 0 Å². The van der Waals surface area contributed by atoms with Crippen LogP contribution in [0.5, 0.6) is 0 Å². The van der Waals surface area contributed by atoms with E-state index in [0.29, 0.717) is 22.0 Å². The molecule has 0 N–H and O–H groups in total. The zero-order chi connectivity index (χ0) is 17.4. The highest BCUT2D eigenvalue weighted by Crippen LogP contribution is 2.23. The van der Waals surface area contributed by atoms with Crippen molar-refractivity contribution in [2.45, 2.75) is 19.6 Å². The highest BCUT2D eigenvalue weighted by atomic mass is 35.5. The normalized spacial score (nSPS) is 11.8. The van der Waals surface area contributed by atoms with Gasteiger partial charge in [0.2, 0.25) is 11.8 Å². The van der Waals surface area contributed by atoms with Gasteiger partial charge in [-0.15, -0.1) is 0 Å². The minimum absolute atomic E-state index is 0.218. The molecule has 1 heterocycles. The monoisotopic (exact) mass is 351 g/mol. The molecule has 0 saturated heterocycles. The number of anilines is 1. The lowest BCUT2D eigenvalue weighted by Gasteiger charge is -2.29. The molecule has 7 heteroatoms. The Morgan fingerprint density at radius 2 is 1.65 bits per heavy atom. The summed E-state index contributed by atoms with van der Waals surface area (Å²) in [6.45, 7) is 6.32. The molecule has 0 radical (unpaired) electrons. The Hall–Kier alpha value is -1.63. The minimum atomic E-state index is -1.92. The highest BCUT2D eigenvalue weighted by Gasteiger charge is 2.30. The van der Waals surface area contributed by atoms with E-state index in [4.69, 9.17) is 16.0 Å². The van der Waals surface area contributed by atoms with E-state index >= 15 is 0 Å². The van der Waals surface area contributed by atoms with Crippen molar-refractivity contribution in [1.82, 2.24) is 9.99 Å². The van der Waals surface area contributed by atoms with E-state index in [1.165, 1.54) is 0 Å². The Morgan fingerprint density at radius 3 is 2.13 bits per heavy atom. The van der Waals surface area contributed by atoms with E-state index < -0.39 is 8.07 Å². The third-order valence-electron chi connectivity index (χ3n) is 3.56. The molecule has 0 aliphatic rings. The van der Waals surface area contributed by atoms with Crippen LogP contribution in [0, 0.1) is 0 Å². The van der Waals surface area contributed by atoms with Gasteiger partial charge in [-0.25, -0.2) is 5.01 Å². The number of nitrogens with zero attached hydrogens (tertiary/aromatic N) is 3. The predicted octanol–water partition coefficient (Wildman–Crippen LogP) is 2.81. The zero-order valence-corrected chi connectivity index (χ0v) is 16.1. The van der Waals surface area contributed by atoms with Gasteiger partial charge >= 0.3 is 0 Å². The van der Waals surface area contributed by atoms with E-state index in [-0.39, 0.29) is 5.56 Å². The van der Waals surface area contributed by atoms with Crippen molar-refractivity contribution in [3.63, 3.8) is 0 Å². The minimum Gasteiger partial charge on any atom is -0.421 e. The quantitative estimate of drug-likeness (QED) is 0.626. The van der Waals surface area contributed by atoms with Crippen molar-refractivity contribution in [1.29, 1.82) is 0 Å². The van der Waals surface area contributed by atoms with E-state index in [1.54, 1.807) is 24.3 Å². The summed E-state index contributed by atoms with van der Waals surface area (Å²) < 4.78 is 6.03. The summed E-state index contributed by atoms with van der Waals surface area (Å²) in [4.78, 5) is 16.8. The molecule has 0 unspecified atom stereocenters. The smallest absolute Gasteiger partial charge is 0.277 e. The van der Waals surface area contributed by atoms with Crippen molar-refractivity contribution >= 4 is 30.7 Å². The number of halogens is 1. The first kappa shape index (κ1) is 17.7. The molecule has 0 aliphatic carbocycles. The molecule has 2 rings (SSSR count). The van der Waals surface area contributed by atoms with Crippen molar-refractivity contribution in [3.8, 4) is 11.5 Å². The summed E-state index contributed by atoms with van der Waals surface area (Å²) in [6, 6.07) is 7.09. The molecule has 0 spiro atoms. The first-order valence-corrected chi connectivity index (χ1v) is 11.2. The van der Waals surface area contributed by atoms with Gasteiger partial charge in [-0.1, -0.05) is 31.2 Å². The Balaban J connectivity index is 2.70. The molecule has 0 fully saturated rings. The van der Waals surface area contributed by atoms with Crippen LogP contribution in [-0.4, -0.2) is 39.2 Å². The molecule has 0 aliphatic heterocycles. The van der Waals surface area contributed by atoms with E-state index in [2.05, 4.69) is 24.6 Å². The van der Waals surface area contributed by atoms with Gasteiger partial charge in [0.15, 0.2) is 0 Å². The van der Waals surface area contributed by atoms with Gasteiger partial charge in [-0.3, -0.25) is 9.80 Å². The van der Waals surface area contributed by atoms with E-state index in [9.17, 15) is 4.79 Å². The zero-order valence-electron chi connectivity index (χ0n) is 14.3. The van der Waals surface area contributed by atoms with E-state index in [1.807, 2.05) is 31.2 Å². The van der Waals surface area contributed by atoms with Crippen molar-refractivity contribution < 1.29 is 4.42 Å². The maximum Gasteiger partial charge on any atom is 0.277 e. The molecular formula is C16H22ClN3O2Si. The lowest BCUT2D eigenvalue weighted by Crippen LogP contribution is -2.52. The van der Waals surface area contributed by atoms with Gasteiger partial charge < -0.3 is 4.42 Å². The second-order valence-corrected chi connectivity index (χ2v) is 12.1. The first-order valence-electron chi connectivity index (χ1n) is 7.34. The van der Waals surface area contributed by atoms with Crippen LogP contribution in [0.25, 0.3) is 11.5 Å². The summed E-state index contributed by atoms with van der Waals surface area (Å²) in [6.07, 6.45) is 0. The van der Waals surface area contributed by atoms with Crippen LogP contribution in [0.4, 0.5) is 5.88 Å². The van der Waals surface area contributed by atoms with Crippen molar-refractivity contribution in [2.75, 3.05) is 26.2 Å². The second kappa shape index (κ2) is 6.47. The second-order valence-electron chi connectivity index (χ2n) is 6.63. The molecule has 5 nitrogen and oxygen atoms in total. The topological polar surface area (TPSA) is 49.6 Å². The van der Waals surface area contributed by atoms with Gasteiger partial charge in [0.25, 0.3) is 5.56 Å². The summed E-state index contributed by atoms with van der Waals surface area (Å²) in [5, 5.41) is 5.01.